The summed E-state index contributed by atoms with van der Waals surface area (Å²) in [6.07, 6.45) is 2.29. The second-order valence-corrected chi connectivity index (χ2v) is 8.01. The van der Waals surface area contributed by atoms with Gasteiger partial charge in [0.05, 0.1) is 6.17 Å². The third kappa shape index (κ3) is 16.9. The fraction of sp³-hybridized carbons (Fsp3) is 0.667. The van der Waals surface area contributed by atoms with Gasteiger partial charge in [-0.15, -0.1) is 0 Å². The van der Waals surface area contributed by atoms with Crippen molar-refractivity contribution in [2.75, 3.05) is 39.5 Å². The summed E-state index contributed by atoms with van der Waals surface area (Å²) < 4.78 is 15.5. The van der Waals surface area contributed by atoms with Gasteiger partial charge in [-0.2, -0.15) is 0 Å². The minimum Gasteiger partial charge on any atom is -0.447 e. The second-order valence-electron chi connectivity index (χ2n) is 8.01. The maximum atomic E-state index is 11.5. The summed E-state index contributed by atoms with van der Waals surface area (Å²) in [7, 11) is 0. The summed E-state index contributed by atoms with van der Waals surface area (Å²) in [6, 6.07) is 0. The molecule has 216 valence electrons. The number of imide groups is 1. The van der Waals surface area contributed by atoms with Crippen molar-refractivity contribution in [1.82, 2.24) is 26.2 Å². The van der Waals surface area contributed by atoms with Crippen molar-refractivity contribution in [3.63, 3.8) is 0 Å². The van der Waals surface area contributed by atoms with Crippen LogP contribution in [0.25, 0.3) is 0 Å². The summed E-state index contributed by atoms with van der Waals surface area (Å²) in [6.45, 7) is 10.3. The third-order valence-electron chi connectivity index (χ3n) is 4.55. The van der Waals surface area contributed by atoms with Crippen LogP contribution in [0.2, 0.25) is 0 Å². The summed E-state index contributed by atoms with van der Waals surface area (Å²) >= 11 is 0. The second kappa shape index (κ2) is 20.4. The molecule has 0 aliphatic carbocycles. The number of carbonyl (C=O) groups is 6. The van der Waals surface area contributed by atoms with E-state index in [1.807, 2.05) is 0 Å². The Morgan fingerprint density at radius 2 is 1.42 bits per heavy atom. The fourth-order valence-corrected chi connectivity index (χ4v) is 2.79. The molecule has 6 amide bonds. The third-order valence-corrected chi connectivity index (χ3v) is 4.55. The molecule has 0 bridgehead atoms. The van der Waals surface area contributed by atoms with Crippen molar-refractivity contribution < 1.29 is 43.0 Å². The van der Waals surface area contributed by atoms with Gasteiger partial charge in [-0.1, -0.05) is 13.3 Å². The number of unbranched alkanes of at least 4 members (excludes halogenated alkanes) is 1. The molecule has 0 fully saturated rings. The lowest BCUT2D eigenvalue weighted by molar-refractivity contribution is -0.137. The number of nitrogens with one attached hydrogen (secondary N) is 4. The summed E-state index contributed by atoms with van der Waals surface area (Å²) in [5.74, 6) is -1.42. The van der Waals surface area contributed by atoms with E-state index < -0.39 is 36.3 Å². The maximum Gasteiger partial charge on any atom is 0.407 e. The number of hydrogen-bond donors (Lipinski definition) is 4. The number of alkyl carbamates (subject to hydrolysis) is 2. The van der Waals surface area contributed by atoms with Crippen LogP contribution in [0.4, 0.5) is 9.59 Å². The molecule has 1 heterocycles. The van der Waals surface area contributed by atoms with Crippen LogP contribution in [0, 0.1) is 0 Å². The Labute approximate surface area is 223 Å². The average Bonchev–Trinajstić information content (AvgIpc) is 3.16. The lowest BCUT2D eigenvalue weighted by Gasteiger charge is -2.18. The Kier molecular flexibility index (Phi) is 18.4. The lowest BCUT2D eigenvalue weighted by atomic mass is 10.3. The van der Waals surface area contributed by atoms with Crippen LogP contribution < -0.4 is 21.3 Å². The maximum absolute atomic E-state index is 11.5. The monoisotopic (exact) mass is 543 g/mol. The molecular weight excluding hydrogens is 502 g/mol. The minimum atomic E-state index is -0.505. The molecular formula is C24H41N5O9. The Balaban J connectivity index is 0.000000724. The highest BCUT2D eigenvalue weighted by atomic mass is 16.6. The van der Waals surface area contributed by atoms with Gasteiger partial charge in [0.2, 0.25) is 11.8 Å². The molecule has 1 atom stereocenters. The van der Waals surface area contributed by atoms with Crippen molar-refractivity contribution in [3.8, 4) is 0 Å². The molecule has 0 aromatic rings. The molecule has 38 heavy (non-hydrogen) atoms. The van der Waals surface area contributed by atoms with E-state index in [1.165, 1.54) is 19.1 Å². The number of ether oxygens (including phenoxy) is 3. The Morgan fingerprint density at radius 3 is 1.87 bits per heavy atom. The molecule has 0 saturated heterocycles. The molecule has 1 aliphatic heterocycles. The van der Waals surface area contributed by atoms with Crippen molar-refractivity contribution in [2.45, 2.75) is 66.2 Å². The van der Waals surface area contributed by atoms with Gasteiger partial charge in [0, 0.05) is 51.7 Å². The minimum absolute atomic E-state index is 0.00306. The van der Waals surface area contributed by atoms with E-state index in [4.69, 9.17) is 14.2 Å². The van der Waals surface area contributed by atoms with Crippen LogP contribution in [-0.4, -0.2) is 92.4 Å². The first-order valence-electron chi connectivity index (χ1n) is 12.6. The quantitative estimate of drug-likeness (QED) is 0.130. The molecule has 0 aromatic heterocycles. The van der Waals surface area contributed by atoms with Gasteiger partial charge in [0.1, 0.15) is 19.3 Å². The fourth-order valence-electron chi connectivity index (χ4n) is 2.79. The van der Waals surface area contributed by atoms with Crippen molar-refractivity contribution >= 4 is 35.8 Å². The molecule has 1 unspecified atom stereocenters. The van der Waals surface area contributed by atoms with E-state index in [1.54, 1.807) is 20.8 Å². The molecule has 1 aliphatic rings. The highest BCUT2D eigenvalue weighted by molar-refractivity contribution is 6.13. The number of amides is 6. The first kappa shape index (κ1) is 34.3. The zero-order valence-electron chi connectivity index (χ0n) is 22.8. The Morgan fingerprint density at radius 1 is 0.895 bits per heavy atom. The smallest absolute Gasteiger partial charge is 0.407 e. The largest absolute Gasteiger partial charge is 0.447 e. The molecule has 0 saturated carbocycles. The number of nitrogens with zero attached hydrogens (tertiary/aromatic N) is 1. The zero-order chi connectivity index (χ0) is 28.9. The van der Waals surface area contributed by atoms with Crippen molar-refractivity contribution in [1.29, 1.82) is 0 Å². The molecule has 14 nitrogen and oxygen atoms in total. The summed E-state index contributed by atoms with van der Waals surface area (Å²) in [5, 5.41) is 10.0. The van der Waals surface area contributed by atoms with E-state index in [0.717, 1.165) is 17.7 Å². The van der Waals surface area contributed by atoms with E-state index in [-0.39, 0.29) is 38.0 Å². The van der Waals surface area contributed by atoms with Crippen LogP contribution in [0.3, 0.4) is 0 Å². The Hall–Kier alpha value is -3.68. The molecule has 0 spiro atoms. The zero-order valence-corrected chi connectivity index (χ0v) is 22.8. The average molecular weight is 544 g/mol. The van der Waals surface area contributed by atoms with Gasteiger partial charge >= 0.3 is 12.2 Å². The molecule has 0 radical (unpaired) electrons. The first-order chi connectivity index (χ1) is 18.0. The van der Waals surface area contributed by atoms with Gasteiger partial charge in [0.25, 0.3) is 11.8 Å². The molecule has 14 heteroatoms. The van der Waals surface area contributed by atoms with E-state index in [2.05, 4.69) is 28.2 Å². The highest BCUT2D eigenvalue weighted by Crippen LogP contribution is 2.04. The van der Waals surface area contributed by atoms with E-state index >= 15 is 0 Å². The number of hydrogen-bond acceptors (Lipinski definition) is 9. The number of rotatable bonds is 15. The first-order valence-corrected chi connectivity index (χ1v) is 12.6. The summed E-state index contributed by atoms with van der Waals surface area (Å²) in [5.41, 5.74) is 0. The Bertz CT molecular complexity index is 779. The van der Waals surface area contributed by atoms with Crippen LogP contribution in [0.15, 0.2) is 12.2 Å². The molecule has 0 aromatic carbocycles. The van der Waals surface area contributed by atoms with Crippen LogP contribution in [-0.2, 0) is 33.4 Å². The standard InChI is InChI=1S/C13H26N2O5.C11H15N3O4/c1-4-7-8-18-11(9-19-12(16)14-5-2)10-20-13(17)15-6-3;1-7(12-8(2)15)13-9(16)5-6-14-10(17)3-4-11(14)18/h11H,4-10H2,1-3H3,(H,14,16)(H,15,17);3-4,7H,5-6H2,1-2H3,(H,12,15)(H,13,16). The molecule has 1 rings (SSSR count). The molecule has 4 N–H and O–H groups in total. The van der Waals surface area contributed by atoms with Gasteiger partial charge in [-0.3, -0.25) is 24.1 Å². The number of carbonyl (C=O) groups excluding carboxylic acids is 6. The lowest BCUT2D eigenvalue weighted by Crippen LogP contribution is -2.46. The van der Waals surface area contributed by atoms with Crippen LogP contribution >= 0.6 is 0 Å². The van der Waals surface area contributed by atoms with Gasteiger partial charge < -0.3 is 35.5 Å². The van der Waals surface area contributed by atoms with Gasteiger partial charge in [-0.05, 0) is 27.2 Å². The highest BCUT2D eigenvalue weighted by Gasteiger charge is 2.23. The van der Waals surface area contributed by atoms with E-state index in [9.17, 15) is 28.8 Å². The normalized spacial score (nSPS) is 12.8. The van der Waals surface area contributed by atoms with Crippen LogP contribution in [0.5, 0.6) is 0 Å². The van der Waals surface area contributed by atoms with Crippen molar-refractivity contribution in [3.05, 3.63) is 12.2 Å². The van der Waals surface area contributed by atoms with Crippen LogP contribution in [0.1, 0.15) is 53.9 Å². The topological polar surface area (TPSA) is 181 Å². The van der Waals surface area contributed by atoms with Crippen molar-refractivity contribution in [2.24, 2.45) is 0 Å². The predicted octanol–water partition coefficient (Wildman–Crippen LogP) is 0.564. The van der Waals surface area contributed by atoms with E-state index in [0.29, 0.717) is 19.7 Å². The van der Waals surface area contributed by atoms with Gasteiger partial charge in [-0.25, -0.2) is 9.59 Å². The SMILES string of the molecule is CC(=O)NC(C)NC(=O)CCN1C(=O)C=CC1=O.CCCCOC(COC(=O)NCC)COC(=O)NCC. The summed E-state index contributed by atoms with van der Waals surface area (Å²) in [4.78, 5) is 68.0. The van der Waals surface area contributed by atoms with Gasteiger partial charge in [0.15, 0.2) is 0 Å². The predicted molar refractivity (Wildman–Crippen MR) is 137 cm³/mol.